The Hall–Kier alpha value is -2.76. The monoisotopic (exact) mass is 257 g/mol. The van der Waals surface area contributed by atoms with Crippen LogP contribution in [-0.2, 0) is 0 Å². The van der Waals surface area contributed by atoms with Crippen LogP contribution in [0.15, 0.2) is 30.5 Å². The van der Waals surface area contributed by atoms with E-state index >= 15 is 0 Å². The molecule has 6 heteroatoms. The van der Waals surface area contributed by atoms with E-state index in [1.165, 1.54) is 6.07 Å². The fourth-order valence-corrected chi connectivity index (χ4v) is 2.10. The average molecular weight is 257 g/mol. The van der Waals surface area contributed by atoms with E-state index in [1.54, 1.807) is 7.11 Å². The third-order valence-corrected chi connectivity index (χ3v) is 2.97. The number of H-pyrrole nitrogens is 2. The lowest BCUT2D eigenvalue weighted by molar-refractivity contribution is 0.0690. The Bertz CT molecular complexity index is 757. The van der Waals surface area contributed by atoms with Crippen molar-refractivity contribution < 1.29 is 14.6 Å². The molecular formula is C13H11N3O3. The second-order valence-electron chi connectivity index (χ2n) is 4.06. The first-order valence-electron chi connectivity index (χ1n) is 5.64. The summed E-state index contributed by atoms with van der Waals surface area (Å²) in [5.41, 5.74) is 2.29. The van der Waals surface area contributed by atoms with Crippen LogP contribution in [0.2, 0.25) is 0 Å². The number of methoxy groups -OCH3 is 1. The third kappa shape index (κ3) is 1.74. The van der Waals surface area contributed by atoms with Crippen LogP contribution in [0.3, 0.4) is 0 Å². The van der Waals surface area contributed by atoms with E-state index in [-0.39, 0.29) is 5.69 Å². The maximum Gasteiger partial charge on any atom is 0.353 e. The second kappa shape index (κ2) is 4.16. The number of hydrogen-bond acceptors (Lipinski definition) is 3. The van der Waals surface area contributed by atoms with Crippen molar-refractivity contribution in [3.8, 4) is 17.0 Å². The summed E-state index contributed by atoms with van der Waals surface area (Å²) in [7, 11) is 1.58. The lowest BCUT2D eigenvalue weighted by Crippen LogP contribution is -1.95. The Morgan fingerprint density at radius 3 is 2.89 bits per heavy atom. The normalized spacial score (nSPS) is 10.8. The predicted octanol–water partition coefficient (Wildman–Crippen LogP) is 2.26. The van der Waals surface area contributed by atoms with E-state index in [0.29, 0.717) is 11.4 Å². The molecule has 0 fully saturated rings. The van der Waals surface area contributed by atoms with E-state index < -0.39 is 5.97 Å². The summed E-state index contributed by atoms with van der Waals surface area (Å²) < 4.78 is 5.42. The van der Waals surface area contributed by atoms with Crippen LogP contribution in [-0.4, -0.2) is 33.4 Å². The average Bonchev–Trinajstić information content (AvgIpc) is 3.05. The molecule has 0 bridgehead atoms. The van der Waals surface area contributed by atoms with E-state index in [9.17, 15) is 4.79 Å². The first-order valence-corrected chi connectivity index (χ1v) is 5.64. The Morgan fingerprint density at radius 2 is 2.21 bits per heavy atom. The number of benzene rings is 1. The van der Waals surface area contributed by atoms with Gasteiger partial charge in [0.25, 0.3) is 0 Å². The van der Waals surface area contributed by atoms with Gasteiger partial charge in [0.15, 0.2) is 0 Å². The molecule has 0 atom stereocenters. The first kappa shape index (κ1) is 11.3. The number of carboxylic acid groups (broad SMARTS) is 1. The quantitative estimate of drug-likeness (QED) is 0.671. The molecule has 0 saturated heterocycles. The van der Waals surface area contributed by atoms with Gasteiger partial charge in [-0.1, -0.05) is 0 Å². The molecule has 0 radical (unpaired) electrons. The molecule has 1 aromatic carbocycles. The molecule has 0 aliphatic carbocycles. The number of rotatable bonds is 3. The van der Waals surface area contributed by atoms with Crippen LogP contribution in [0.5, 0.6) is 5.75 Å². The largest absolute Gasteiger partial charge is 0.495 e. The number of nitrogens with one attached hydrogen (secondary N) is 2. The number of hydrogen-bond donors (Lipinski definition) is 3. The van der Waals surface area contributed by atoms with Crippen LogP contribution in [0.1, 0.15) is 10.5 Å². The summed E-state index contributed by atoms with van der Waals surface area (Å²) in [6, 6.07) is 7.14. The zero-order valence-electron chi connectivity index (χ0n) is 10.1. The van der Waals surface area contributed by atoms with Crippen LogP contribution < -0.4 is 4.74 Å². The molecule has 0 saturated carbocycles. The summed E-state index contributed by atoms with van der Waals surface area (Å²) in [6.45, 7) is 0. The van der Waals surface area contributed by atoms with Crippen LogP contribution in [0.4, 0.5) is 0 Å². The number of aromatic carboxylic acids is 1. The number of fused-ring (bicyclic) bond motifs is 1. The molecule has 3 rings (SSSR count). The van der Waals surface area contributed by atoms with Gasteiger partial charge < -0.3 is 14.8 Å². The zero-order chi connectivity index (χ0) is 13.4. The number of carbonyl (C=O) groups is 1. The van der Waals surface area contributed by atoms with Crippen molar-refractivity contribution in [1.82, 2.24) is 15.2 Å². The zero-order valence-corrected chi connectivity index (χ0v) is 10.1. The third-order valence-electron chi connectivity index (χ3n) is 2.97. The highest BCUT2D eigenvalue weighted by atomic mass is 16.5. The van der Waals surface area contributed by atoms with Gasteiger partial charge in [-0.3, -0.25) is 5.10 Å². The Labute approximate surface area is 108 Å². The molecule has 0 spiro atoms. The van der Waals surface area contributed by atoms with Crippen molar-refractivity contribution in [2.24, 2.45) is 0 Å². The van der Waals surface area contributed by atoms with E-state index in [2.05, 4.69) is 15.2 Å². The van der Waals surface area contributed by atoms with Crippen molar-refractivity contribution in [1.29, 1.82) is 0 Å². The van der Waals surface area contributed by atoms with E-state index in [0.717, 1.165) is 16.5 Å². The van der Waals surface area contributed by atoms with Gasteiger partial charge in [0.1, 0.15) is 11.4 Å². The maximum absolute atomic E-state index is 10.9. The highest BCUT2D eigenvalue weighted by molar-refractivity contribution is 5.94. The van der Waals surface area contributed by atoms with Gasteiger partial charge in [-0.2, -0.15) is 5.10 Å². The standard InChI is InChI=1S/C13H11N3O3/c1-19-12-7(2-3-9-8(12)4-5-14-9)10-6-11(13(17)18)16-15-10/h2-6,14H,1H3,(H,15,16)(H,17,18). The second-order valence-corrected chi connectivity index (χ2v) is 4.06. The minimum atomic E-state index is -1.04. The minimum Gasteiger partial charge on any atom is -0.495 e. The summed E-state index contributed by atoms with van der Waals surface area (Å²) in [5.74, 6) is -0.373. The number of ether oxygens (including phenoxy) is 1. The van der Waals surface area contributed by atoms with Gasteiger partial charge in [0.05, 0.1) is 12.8 Å². The highest BCUT2D eigenvalue weighted by Gasteiger charge is 2.15. The van der Waals surface area contributed by atoms with Crippen LogP contribution >= 0.6 is 0 Å². The highest BCUT2D eigenvalue weighted by Crippen LogP contribution is 2.35. The van der Waals surface area contributed by atoms with E-state index in [1.807, 2.05) is 24.4 Å². The summed E-state index contributed by atoms with van der Waals surface area (Å²) in [5, 5.41) is 16.3. The number of carboxylic acids is 1. The lowest BCUT2D eigenvalue weighted by Gasteiger charge is -2.07. The van der Waals surface area contributed by atoms with Gasteiger partial charge in [0, 0.05) is 22.7 Å². The van der Waals surface area contributed by atoms with Gasteiger partial charge in [0.2, 0.25) is 0 Å². The van der Waals surface area contributed by atoms with Crippen LogP contribution in [0, 0.1) is 0 Å². The lowest BCUT2D eigenvalue weighted by atomic mass is 10.1. The van der Waals surface area contributed by atoms with Crippen LogP contribution in [0.25, 0.3) is 22.2 Å². The summed E-state index contributed by atoms with van der Waals surface area (Å²) in [6.07, 6.45) is 1.82. The molecule has 19 heavy (non-hydrogen) atoms. The molecule has 2 aromatic heterocycles. The molecule has 96 valence electrons. The molecule has 0 amide bonds. The first-order chi connectivity index (χ1) is 9.20. The Morgan fingerprint density at radius 1 is 1.37 bits per heavy atom. The summed E-state index contributed by atoms with van der Waals surface area (Å²) in [4.78, 5) is 14.0. The van der Waals surface area contributed by atoms with Crippen molar-refractivity contribution in [2.45, 2.75) is 0 Å². The van der Waals surface area contributed by atoms with Gasteiger partial charge in [-0.15, -0.1) is 0 Å². The summed E-state index contributed by atoms with van der Waals surface area (Å²) >= 11 is 0. The Kier molecular flexibility index (Phi) is 2.49. The van der Waals surface area contributed by atoms with Crippen molar-refractivity contribution in [3.05, 3.63) is 36.2 Å². The SMILES string of the molecule is COc1c(-c2cc(C(=O)O)[nH]n2)ccc2[nH]ccc12. The molecular weight excluding hydrogens is 246 g/mol. The molecule has 0 aliphatic heterocycles. The van der Waals surface area contributed by atoms with E-state index in [4.69, 9.17) is 9.84 Å². The topological polar surface area (TPSA) is 91.0 Å². The van der Waals surface area contributed by atoms with Gasteiger partial charge >= 0.3 is 5.97 Å². The number of aromatic nitrogens is 3. The fraction of sp³-hybridized carbons (Fsp3) is 0.0769. The molecule has 3 aromatic rings. The molecule has 3 N–H and O–H groups in total. The molecule has 6 nitrogen and oxygen atoms in total. The van der Waals surface area contributed by atoms with Crippen molar-refractivity contribution in [3.63, 3.8) is 0 Å². The predicted molar refractivity (Wildman–Crippen MR) is 69.4 cm³/mol. The number of aromatic amines is 2. The minimum absolute atomic E-state index is 0.0474. The maximum atomic E-state index is 10.9. The van der Waals surface area contributed by atoms with Gasteiger partial charge in [-0.05, 0) is 24.3 Å². The number of nitrogens with zero attached hydrogens (tertiary/aromatic N) is 1. The molecule has 0 unspecified atom stereocenters. The smallest absolute Gasteiger partial charge is 0.353 e. The molecule has 2 heterocycles. The fourth-order valence-electron chi connectivity index (χ4n) is 2.10. The Balaban J connectivity index is 2.20. The molecule has 0 aliphatic rings. The van der Waals surface area contributed by atoms with Crippen molar-refractivity contribution in [2.75, 3.05) is 7.11 Å². The van der Waals surface area contributed by atoms with Gasteiger partial charge in [-0.25, -0.2) is 4.79 Å². The van der Waals surface area contributed by atoms with Crippen molar-refractivity contribution >= 4 is 16.9 Å².